The van der Waals surface area contributed by atoms with E-state index in [1.165, 1.54) is 32.1 Å². The van der Waals surface area contributed by atoms with Crippen LogP contribution in [0.1, 0.15) is 50.3 Å². The van der Waals surface area contributed by atoms with Crippen LogP contribution in [0.15, 0.2) is 12.3 Å². The molecule has 3 nitrogen and oxygen atoms in total. The number of halogens is 2. The van der Waals surface area contributed by atoms with Crippen molar-refractivity contribution in [3.63, 3.8) is 0 Å². The third-order valence-electron chi connectivity index (χ3n) is 3.66. The Balaban J connectivity index is 2.07. The molecule has 1 aromatic rings. The molecule has 1 heterocycles. The van der Waals surface area contributed by atoms with Gasteiger partial charge in [0.15, 0.2) is 0 Å². The molecule has 1 aliphatic carbocycles. The first-order chi connectivity index (χ1) is 8.70. The molecule has 0 saturated heterocycles. The second kappa shape index (κ2) is 6.71. The van der Waals surface area contributed by atoms with Crippen LogP contribution >= 0.6 is 23.2 Å². The van der Waals surface area contributed by atoms with Crippen molar-refractivity contribution in [2.45, 2.75) is 44.6 Å². The number of nitrogens with one attached hydrogen (secondary N) is 1. The first-order valence-corrected chi connectivity index (χ1v) is 7.23. The Labute approximate surface area is 118 Å². The van der Waals surface area contributed by atoms with Gasteiger partial charge in [-0.3, -0.25) is 16.3 Å². The predicted octanol–water partition coefficient (Wildman–Crippen LogP) is 3.86. The monoisotopic (exact) mass is 287 g/mol. The first kappa shape index (κ1) is 14.1. The smallest absolute Gasteiger partial charge is 0.0773 e. The summed E-state index contributed by atoms with van der Waals surface area (Å²) in [6, 6.07) is 1.73. The molecule has 0 radical (unpaired) electrons. The lowest BCUT2D eigenvalue weighted by Crippen LogP contribution is -2.31. The lowest BCUT2D eigenvalue weighted by Gasteiger charge is -2.26. The molecule has 1 unspecified atom stereocenters. The van der Waals surface area contributed by atoms with E-state index in [2.05, 4.69) is 10.4 Å². The van der Waals surface area contributed by atoms with Gasteiger partial charge in [0.2, 0.25) is 0 Å². The minimum atomic E-state index is 0.0119. The highest BCUT2D eigenvalue weighted by Gasteiger charge is 2.22. The van der Waals surface area contributed by atoms with Gasteiger partial charge < -0.3 is 0 Å². The number of hydrogen-bond donors (Lipinski definition) is 2. The van der Waals surface area contributed by atoms with E-state index in [9.17, 15) is 0 Å². The second-order valence-corrected chi connectivity index (χ2v) is 5.82. The van der Waals surface area contributed by atoms with Crippen molar-refractivity contribution in [2.24, 2.45) is 11.8 Å². The molecule has 1 saturated carbocycles. The molecule has 5 heteroatoms. The molecule has 0 aliphatic heterocycles. The molecule has 100 valence electrons. The Morgan fingerprint density at radius 3 is 2.67 bits per heavy atom. The van der Waals surface area contributed by atoms with Crippen molar-refractivity contribution in [3.8, 4) is 0 Å². The molecule has 1 aliphatic rings. The SMILES string of the molecule is NNC(CC1CCCCC1)c1ncc(Cl)cc1Cl. The van der Waals surface area contributed by atoms with Crippen LogP contribution in [0.3, 0.4) is 0 Å². The molecule has 0 amide bonds. The van der Waals surface area contributed by atoms with E-state index < -0.39 is 0 Å². The summed E-state index contributed by atoms with van der Waals surface area (Å²) < 4.78 is 0. The van der Waals surface area contributed by atoms with Gasteiger partial charge in [0, 0.05) is 6.20 Å². The van der Waals surface area contributed by atoms with E-state index in [0.29, 0.717) is 16.0 Å². The van der Waals surface area contributed by atoms with E-state index in [0.717, 1.165) is 12.1 Å². The molecule has 3 N–H and O–H groups in total. The summed E-state index contributed by atoms with van der Waals surface area (Å²) in [4.78, 5) is 4.31. The normalized spacial score (nSPS) is 18.8. The number of rotatable bonds is 4. The van der Waals surface area contributed by atoms with E-state index in [1.807, 2.05) is 0 Å². The fraction of sp³-hybridized carbons (Fsp3) is 0.615. The van der Waals surface area contributed by atoms with Crippen LogP contribution in [-0.2, 0) is 0 Å². The van der Waals surface area contributed by atoms with Crippen LogP contribution < -0.4 is 11.3 Å². The Hall–Kier alpha value is -0.350. The van der Waals surface area contributed by atoms with Gasteiger partial charge in [0.05, 0.1) is 21.8 Å². The van der Waals surface area contributed by atoms with Gasteiger partial charge in [0.1, 0.15) is 0 Å². The van der Waals surface area contributed by atoms with E-state index in [-0.39, 0.29) is 6.04 Å². The van der Waals surface area contributed by atoms with Crippen LogP contribution in [-0.4, -0.2) is 4.98 Å². The van der Waals surface area contributed by atoms with Crippen LogP contribution in [0.2, 0.25) is 10.0 Å². The van der Waals surface area contributed by atoms with Crippen molar-refractivity contribution in [1.29, 1.82) is 0 Å². The molecule has 18 heavy (non-hydrogen) atoms. The molecule has 0 bridgehead atoms. The standard InChI is InChI=1S/C13H19Cl2N3/c14-10-7-11(15)13(17-8-10)12(18-16)6-9-4-2-1-3-5-9/h7-9,12,18H,1-6,16H2. The topological polar surface area (TPSA) is 50.9 Å². The lowest BCUT2D eigenvalue weighted by atomic mass is 9.84. The van der Waals surface area contributed by atoms with E-state index in [1.54, 1.807) is 12.3 Å². The Kier molecular flexibility index (Phi) is 5.25. The zero-order valence-electron chi connectivity index (χ0n) is 10.3. The highest BCUT2D eigenvalue weighted by atomic mass is 35.5. The van der Waals surface area contributed by atoms with Gasteiger partial charge in [-0.2, -0.15) is 0 Å². The van der Waals surface area contributed by atoms with Gasteiger partial charge >= 0.3 is 0 Å². The number of nitrogens with zero attached hydrogens (tertiary/aromatic N) is 1. The quantitative estimate of drug-likeness (QED) is 0.653. The average Bonchev–Trinajstić information content (AvgIpc) is 2.38. The Morgan fingerprint density at radius 2 is 2.06 bits per heavy atom. The third-order valence-corrected chi connectivity index (χ3v) is 4.17. The number of pyridine rings is 1. The second-order valence-electron chi connectivity index (χ2n) is 4.98. The summed E-state index contributed by atoms with van der Waals surface area (Å²) in [5, 5.41) is 1.14. The van der Waals surface area contributed by atoms with Gasteiger partial charge in [-0.15, -0.1) is 0 Å². The number of hydrogen-bond acceptors (Lipinski definition) is 3. The minimum absolute atomic E-state index is 0.0119. The van der Waals surface area contributed by atoms with Gasteiger partial charge in [0.25, 0.3) is 0 Å². The fourth-order valence-electron chi connectivity index (χ4n) is 2.70. The summed E-state index contributed by atoms with van der Waals surface area (Å²) in [7, 11) is 0. The predicted molar refractivity (Wildman–Crippen MR) is 75.5 cm³/mol. The van der Waals surface area contributed by atoms with Crippen LogP contribution in [0.25, 0.3) is 0 Å². The number of nitrogens with two attached hydrogens (primary N) is 1. The number of hydrazine groups is 1. The summed E-state index contributed by atoms with van der Waals surface area (Å²) in [6.45, 7) is 0. The summed E-state index contributed by atoms with van der Waals surface area (Å²) in [6.07, 6.45) is 9.18. The molecule has 1 aromatic heterocycles. The first-order valence-electron chi connectivity index (χ1n) is 6.47. The fourth-order valence-corrected chi connectivity index (χ4v) is 3.21. The van der Waals surface area contributed by atoms with Gasteiger partial charge in [-0.05, 0) is 18.4 Å². The summed E-state index contributed by atoms with van der Waals surface area (Å²) in [5.74, 6) is 6.36. The average molecular weight is 288 g/mol. The third kappa shape index (κ3) is 3.58. The number of aromatic nitrogens is 1. The summed E-state index contributed by atoms with van der Waals surface area (Å²) in [5.41, 5.74) is 3.64. The maximum Gasteiger partial charge on any atom is 0.0773 e. The molecule has 1 fully saturated rings. The van der Waals surface area contributed by atoms with Gasteiger partial charge in [-0.1, -0.05) is 55.3 Å². The largest absolute Gasteiger partial charge is 0.271 e. The molecule has 1 atom stereocenters. The Bertz CT molecular complexity index is 392. The lowest BCUT2D eigenvalue weighted by molar-refractivity contribution is 0.299. The van der Waals surface area contributed by atoms with Crippen LogP contribution in [0.4, 0.5) is 0 Å². The molecule has 0 spiro atoms. The molecule has 0 aromatic carbocycles. The van der Waals surface area contributed by atoms with Crippen molar-refractivity contribution in [3.05, 3.63) is 28.0 Å². The van der Waals surface area contributed by atoms with E-state index >= 15 is 0 Å². The van der Waals surface area contributed by atoms with Crippen LogP contribution in [0, 0.1) is 5.92 Å². The van der Waals surface area contributed by atoms with Crippen molar-refractivity contribution in [2.75, 3.05) is 0 Å². The highest BCUT2D eigenvalue weighted by molar-refractivity contribution is 6.34. The van der Waals surface area contributed by atoms with E-state index in [4.69, 9.17) is 29.0 Å². The zero-order chi connectivity index (χ0) is 13.0. The molecular formula is C13H19Cl2N3. The van der Waals surface area contributed by atoms with Crippen molar-refractivity contribution >= 4 is 23.2 Å². The van der Waals surface area contributed by atoms with Crippen molar-refractivity contribution < 1.29 is 0 Å². The minimum Gasteiger partial charge on any atom is -0.271 e. The van der Waals surface area contributed by atoms with Gasteiger partial charge in [-0.25, -0.2) is 0 Å². The van der Waals surface area contributed by atoms with Crippen LogP contribution in [0.5, 0.6) is 0 Å². The molecule has 2 rings (SSSR count). The Morgan fingerprint density at radius 1 is 1.33 bits per heavy atom. The highest BCUT2D eigenvalue weighted by Crippen LogP contribution is 2.33. The maximum atomic E-state index is 6.18. The molecular weight excluding hydrogens is 269 g/mol. The maximum absolute atomic E-state index is 6.18. The summed E-state index contributed by atoms with van der Waals surface area (Å²) >= 11 is 12.0. The zero-order valence-corrected chi connectivity index (χ0v) is 11.8. The van der Waals surface area contributed by atoms with Crippen molar-refractivity contribution in [1.82, 2.24) is 10.4 Å².